The van der Waals surface area contributed by atoms with Crippen molar-refractivity contribution in [2.24, 2.45) is 5.92 Å². The number of aromatic carboxylic acids is 1. The standard InChI is InChI=1S/C10H14N2O3/c1-12(5-7-2-3-7)6-8-4-9(10(13)14)11-15-8/h4,7H,2-3,5-6H2,1H3,(H,13,14). The van der Waals surface area contributed by atoms with Crippen molar-refractivity contribution in [1.29, 1.82) is 0 Å². The monoisotopic (exact) mass is 210 g/mol. The molecule has 1 aliphatic rings. The molecule has 1 saturated carbocycles. The van der Waals surface area contributed by atoms with Crippen LogP contribution in [0.15, 0.2) is 10.6 Å². The fourth-order valence-electron chi connectivity index (χ4n) is 1.56. The molecule has 0 bridgehead atoms. The van der Waals surface area contributed by atoms with Crippen LogP contribution >= 0.6 is 0 Å². The van der Waals surface area contributed by atoms with E-state index in [-0.39, 0.29) is 5.69 Å². The third-order valence-electron chi connectivity index (χ3n) is 2.47. The summed E-state index contributed by atoms with van der Waals surface area (Å²) in [6.07, 6.45) is 2.61. The molecule has 0 aromatic carbocycles. The van der Waals surface area contributed by atoms with E-state index in [2.05, 4.69) is 10.1 Å². The molecular formula is C10H14N2O3. The van der Waals surface area contributed by atoms with Gasteiger partial charge >= 0.3 is 5.97 Å². The van der Waals surface area contributed by atoms with Gasteiger partial charge in [-0.1, -0.05) is 5.16 Å². The van der Waals surface area contributed by atoms with E-state index < -0.39 is 5.97 Å². The second-order valence-corrected chi connectivity index (χ2v) is 4.12. The summed E-state index contributed by atoms with van der Waals surface area (Å²) in [6.45, 7) is 1.67. The Morgan fingerprint density at radius 2 is 2.47 bits per heavy atom. The van der Waals surface area contributed by atoms with Gasteiger partial charge in [-0.25, -0.2) is 4.79 Å². The third kappa shape index (κ3) is 2.79. The highest BCUT2D eigenvalue weighted by molar-refractivity contribution is 5.85. The summed E-state index contributed by atoms with van der Waals surface area (Å²) in [5.74, 6) is 0.377. The summed E-state index contributed by atoms with van der Waals surface area (Å²) in [5, 5.41) is 12.1. The van der Waals surface area contributed by atoms with E-state index in [1.807, 2.05) is 7.05 Å². The lowest BCUT2D eigenvalue weighted by Crippen LogP contribution is -2.20. The minimum absolute atomic E-state index is 0.0233. The van der Waals surface area contributed by atoms with Gasteiger partial charge in [0.25, 0.3) is 0 Å². The summed E-state index contributed by atoms with van der Waals surface area (Å²) in [4.78, 5) is 12.7. The van der Waals surface area contributed by atoms with Crippen LogP contribution in [0.4, 0.5) is 0 Å². The molecule has 0 saturated heterocycles. The van der Waals surface area contributed by atoms with E-state index in [0.717, 1.165) is 12.5 Å². The number of aromatic nitrogens is 1. The first-order chi connectivity index (χ1) is 7.15. The quantitative estimate of drug-likeness (QED) is 0.791. The van der Waals surface area contributed by atoms with Crippen LogP contribution in [-0.2, 0) is 6.54 Å². The number of carboxylic acids is 1. The van der Waals surface area contributed by atoms with Gasteiger partial charge in [0.2, 0.25) is 0 Å². The molecule has 1 aromatic rings. The first-order valence-corrected chi connectivity index (χ1v) is 5.02. The Bertz CT molecular complexity index is 357. The highest BCUT2D eigenvalue weighted by Gasteiger charge is 2.23. The summed E-state index contributed by atoms with van der Waals surface area (Å²) < 4.78 is 4.93. The molecule has 1 aromatic heterocycles. The fraction of sp³-hybridized carbons (Fsp3) is 0.600. The predicted molar refractivity (Wildman–Crippen MR) is 52.5 cm³/mol. The van der Waals surface area contributed by atoms with Crippen molar-refractivity contribution in [2.45, 2.75) is 19.4 Å². The van der Waals surface area contributed by atoms with Crippen molar-refractivity contribution in [3.8, 4) is 0 Å². The zero-order valence-corrected chi connectivity index (χ0v) is 8.64. The molecule has 15 heavy (non-hydrogen) atoms. The lowest BCUT2D eigenvalue weighted by atomic mass is 10.3. The fourth-order valence-corrected chi connectivity index (χ4v) is 1.56. The molecule has 1 N–H and O–H groups in total. The Labute approximate surface area is 87.7 Å². The molecule has 82 valence electrons. The molecule has 0 unspecified atom stereocenters. The van der Waals surface area contributed by atoms with Gasteiger partial charge in [0, 0.05) is 12.6 Å². The number of carboxylic acid groups (broad SMARTS) is 1. The van der Waals surface area contributed by atoms with Crippen molar-refractivity contribution in [3.63, 3.8) is 0 Å². The van der Waals surface area contributed by atoms with Crippen LogP contribution in [0.3, 0.4) is 0 Å². The summed E-state index contributed by atoms with van der Waals surface area (Å²) >= 11 is 0. The van der Waals surface area contributed by atoms with Crippen LogP contribution in [0, 0.1) is 5.92 Å². The lowest BCUT2D eigenvalue weighted by molar-refractivity contribution is 0.0685. The number of hydrogen-bond acceptors (Lipinski definition) is 4. The molecule has 1 aliphatic carbocycles. The van der Waals surface area contributed by atoms with Crippen LogP contribution in [0.2, 0.25) is 0 Å². The topological polar surface area (TPSA) is 66.6 Å². The Morgan fingerprint density at radius 1 is 1.73 bits per heavy atom. The third-order valence-corrected chi connectivity index (χ3v) is 2.47. The molecule has 0 amide bonds. The average Bonchev–Trinajstić information content (AvgIpc) is 2.82. The van der Waals surface area contributed by atoms with E-state index in [1.54, 1.807) is 0 Å². The molecule has 1 heterocycles. The molecule has 2 rings (SSSR count). The Morgan fingerprint density at radius 3 is 3.00 bits per heavy atom. The Kier molecular flexibility index (Phi) is 2.73. The SMILES string of the molecule is CN(Cc1cc(C(=O)O)no1)CC1CC1. The van der Waals surface area contributed by atoms with Gasteiger partial charge < -0.3 is 9.63 Å². The van der Waals surface area contributed by atoms with Crippen LogP contribution in [0.25, 0.3) is 0 Å². The van der Waals surface area contributed by atoms with Gasteiger partial charge in [0.15, 0.2) is 11.5 Å². The van der Waals surface area contributed by atoms with E-state index in [9.17, 15) is 4.79 Å². The Hall–Kier alpha value is -1.36. The summed E-state index contributed by atoms with van der Waals surface area (Å²) in [5.41, 5.74) is -0.0233. The second kappa shape index (κ2) is 4.02. The zero-order valence-electron chi connectivity index (χ0n) is 8.64. The lowest BCUT2D eigenvalue weighted by Gasteiger charge is -2.13. The van der Waals surface area contributed by atoms with Crippen LogP contribution in [0.1, 0.15) is 29.1 Å². The molecule has 5 nitrogen and oxygen atoms in total. The van der Waals surface area contributed by atoms with E-state index in [4.69, 9.17) is 9.63 Å². The van der Waals surface area contributed by atoms with Crippen molar-refractivity contribution in [3.05, 3.63) is 17.5 Å². The van der Waals surface area contributed by atoms with Gasteiger partial charge in [-0.05, 0) is 25.8 Å². The van der Waals surface area contributed by atoms with Gasteiger partial charge in [0.05, 0.1) is 6.54 Å². The summed E-state index contributed by atoms with van der Waals surface area (Å²) in [7, 11) is 2.00. The molecule has 0 atom stereocenters. The van der Waals surface area contributed by atoms with Crippen molar-refractivity contribution in [2.75, 3.05) is 13.6 Å². The number of rotatable bonds is 5. The van der Waals surface area contributed by atoms with Crippen molar-refractivity contribution >= 4 is 5.97 Å². The molecule has 0 aliphatic heterocycles. The predicted octanol–water partition coefficient (Wildman–Crippen LogP) is 1.21. The maximum Gasteiger partial charge on any atom is 0.358 e. The maximum atomic E-state index is 10.6. The van der Waals surface area contributed by atoms with Gasteiger partial charge in [-0.3, -0.25) is 4.90 Å². The second-order valence-electron chi connectivity index (χ2n) is 4.12. The van der Waals surface area contributed by atoms with Gasteiger partial charge in [-0.15, -0.1) is 0 Å². The van der Waals surface area contributed by atoms with E-state index in [0.29, 0.717) is 12.3 Å². The maximum absolute atomic E-state index is 10.6. The molecular weight excluding hydrogens is 196 g/mol. The summed E-state index contributed by atoms with van der Waals surface area (Å²) in [6, 6.07) is 1.48. The average molecular weight is 210 g/mol. The first-order valence-electron chi connectivity index (χ1n) is 5.02. The smallest absolute Gasteiger partial charge is 0.358 e. The normalized spacial score (nSPS) is 15.9. The van der Waals surface area contributed by atoms with Crippen molar-refractivity contribution in [1.82, 2.24) is 10.1 Å². The minimum atomic E-state index is -1.05. The van der Waals surface area contributed by atoms with E-state index in [1.165, 1.54) is 18.9 Å². The van der Waals surface area contributed by atoms with Crippen LogP contribution in [-0.4, -0.2) is 34.7 Å². The molecule has 1 fully saturated rings. The number of hydrogen-bond donors (Lipinski definition) is 1. The highest BCUT2D eigenvalue weighted by Crippen LogP contribution is 2.29. The largest absolute Gasteiger partial charge is 0.476 e. The number of nitrogens with zero attached hydrogens (tertiary/aromatic N) is 2. The van der Waals surface area contributed by atoms with Crippen LogP contribution < -0.4 is 0 Å². The molecule has 0 spiro atoms. The Balaban J connectivity index is 1.88. The highest BCUT2D eigenvalue weighted by atomic mass is 16.5. The minimum Gasteiger partial charge on any atom is -0.476 e. The molecule has 0 radical (unpaired) electrons. The zero-order chi connectivity index (χ0) is 10.8. The van der Waals surface area contributed by atoms with Crippen LogP contribution in [0.5, 0.6) is 0 Å². The first kappa shape index (κ1) is 10.2. The van der Waals surface area contributed by atoms with E-state index >= 15 is 0 Å². The number of carbonyl (C=O) groups is 1. The molecule has 5 heteroatoms. The van der Waals surface area contributed by atoms with Crippen molar-refractivity contribution < 1.29 is 14.4 Å². The van der Waals surface area contributed by atoms with Gasteiger partial charge in [0.1, 0.15) is 0 Å². The van der Waals surface area contributed by atoms with Gasteiger partial charge in [-0.2, -0.15) is 0 Å².